The monoisotopic (exact) mass is 502 g/mol. The Kier molecular flexibility index (Phi) is 10.4. The number of ether oxygens (including phenoxy) is 3. The number of carbonyl (C=O) groups is 2. The molecule has 0 aliphatic heterocycles. The zero-order chi connectivity index (χ0) is 25.8. The molecule has 0 amide bonds. The summed E-state index contributed by atoms with van der Waals surface area (Å²) in [5, 5.41) is 40.3. The van der Waals surface area contributed by atoms with Gasteiger partial charge in [0.15, 0.2) is 0 Å². The summed E-state index contributed by atoms with van der Waals surface area (Å²) >= 11 is 0. The minimum atomic E-state index is -4.76. The predicted octanol–water partition coefficient (Wildman–Crippen LogP) is 0.0787. The number of rotatable bonds is 9. The van der Waals surface area contributed by atoms with Gasteiger partial charge in [-0.3, -0.25) is 14.1 Å². The molecule has 33 heavy (non-hydrogen) atoms. The summed E-state index contributed by atoms with van der Waals surface area (Å²) in [7, 11) is -3.65. The third-order valence-corrected chi connectivity index (χ3v) is 5.94. The lowest BCUT2D eigenvalue weighted by Gasteiger charge is -2.43. The lowest BCUT2D eigenvalue weighted by atomic mass is 9.85. The molecule has 6 atom stereocenters. The summed E-state index contributed by atoms with van der Waals surface area (Å²) in [6, 6.07) is 0. The normalized spacial score (nSPS) is 28.9. The summed E-state index contributed by atoms with van der Waals surface area (Å²) in [6.07, 6.45) is -10.5. The Hall–Kier alpha value is -1.15. The lowest BCUT2D eigenvalue weighted by molar-refractivity contribution is -0.228. The van der Waals surface area contributed by atoms with E-state index in [-0.39, 0.29) is 0 Å². The maximum Gasteiger partial charge on any atom is 0.481 e. The van der Waals surface area contributed by atoms with Crippen LogP contribution in [0.25, 0.3) is 0 Å². The van der Waals surface area contributed by atoms with Gasteiger partial charge in [-0.15, -0.1) is 0 Å². The molecular weight excluding hydrogens is 467 g/mol. The van der Waals surface area contributed by atoms with Crippen LogP contribution >= 0.6 is 7.82 Å². The van der Waals surface area contributed by atoms with Crippen molar-refractivity contribution in [2.24, 2.45) is 10.8 Å². The third kappa shape index (κ3) is 8.23. The molecule has 1 aliphatic carbocycles. The first kappa shape index (κ1) is 29.9. The number of phosphoric acid groups is 1. The van der Waals surface area contributed by atoms with E-state index in [1.165, 1.54) is 0 Å². The van der Waals surface area contributed by atoms with Crippen LogP contribution in [-0.2, 0) is 41.9 Å². The summed E-state index contributed by atoms with van der Waals surface area (Å²) in [4.78, 5) is 23.9. The van der Waals surface area contributed by atoms with Crippen molar-refractivity contribution in [1.29, 1.82) is 0 Å². The Morgan fingerprint density at radius 3 is 1.42 bits per heavy atom. The number of hydrogen-bond donors (Lipinski definition) is 4. The van der Waals surface area contributed by atoms with Crippen molar-refractivity contribution in [1.82, 2.24) is 0 Å². The van der Waals surface area contributed by atoms with Crippen LogP contribution in [0, 0.1) is 10.8 Å². The first-order valence-electron chi connectivity index (χ1n) is 10.1. The van der Waals surface area contributed by atoms with E-state index in [2.05, 4.69) is 0 Å². The van der Waals surface area contributed by atoms with Crippen LogP contribution in [0.3, 0.4) is 0 Å². The number of phosphoric ester groups is 1. The Labute approximate surface area is 192 Å². The fourth-order valence-electron chi connectivity index (χ4n) is 2.55. The van der Waals surface area contributed by atoms with Crippen molar-refractivity contribution in [3.63, 3.8) is 0 Å². The van der Waals surface area contributed by atoms with Crippen LogP contribution in [-0.4, -0.2) is 89.7 Å². The number of methoxy groups -OCH3 is 1. The van der Waals surface area contributed by atoms with E-state index in [4.69, 9.17) is 27.8 Å². The molecule has 0 bridgehead atoms. The van der Waals surface area contributed by atoms with Gasteiger partial charge in [-0.2, -0.15) is 0 Å². The van der Waals surface area contributed by atoms with Gasteiger partial charge in [0.2, 0.25) is 13.6 Å². The van der Waals surface area contributed by atoms with E-state index in [0.717, 1.165) is 7.11 Å². The lowest BCUT2D eigenvalue weighted by Crippen LogP contribution is -2.64. The van der Waals surface area contributed by atoms with Crippen LogP contribution < -0.4 is 0 Å². The molecule has 0 saturated heterocycles. The van der Waals surface area contributed by atoms with Gasteiger partial charge in [0.05, 0.1) is 10.8 Å². The second-order valence-electron chi connectivity index (χ2n) is 9.54. The van der Waals surface area contributed by atoms with Crippen LogP contribution in [0.1, 0.15) is 41.5 Å². The minimum Gasteiger partial charge on any atom is -0.437 e. The molecule has 0 radical (unpaired) electrons. The molecule has 0 aromatic carbocycles. The molecule has 1 saturated carbocycles. The number of aliphatic hydroxyl groups is 4. The highest BCUT2D eigenvalue weighted by Gasteiger charge is 2.53. The van der Waals surface area contributed by atoms with Gasteiger partial charge < -0.3 is 34.6 Å². The fourth-order valence-corrected chi connectivity index (χ4v) is 3.65. The van der Waals surface area contributed by atoms with Crippen molar-refractivity contribution in [2.45, 2.75) is 78.2 Å². The number of aliphatic hydroxyl groups excluding tert-OH is 4. The maximum atomic E-state index is 13.2. The predicted molar refractivity (Wildman–Crippen MR) is 110 cm³/mol. The molecule has 0 aromatic rings. The second-order valence-corrected chi connectivity index (χ2v) is 11.2. The zero-order valence-electron chi connectivity index (χ0n) is 19.8. The van der Waals surface area contributed by atoms with Crippen molar-refractivity contribution in [3.8, 4) is 0 Å². The van der Waals surface area contributed by atoms with Gasteiger partial charge in [-0.05, 0) is 41.5 Å². The Bertz CT molecular complexity index is 677. The summed E-state index contributed by atoms with van der Waals surface area (Å²) in [5.74, 6) is -1.40. The van der Waals surface area contributed by atoms with Gasteiger partial charge in [0.25, 0.3) is 0 Å². The van der Waals surface area contributed by atoms with Crippen molar-refractivity contribution >= 4 is 19.8 Å². The maximum absolute atomic E-state index is 13.2. The van der Waals surface area contributed by atoms with Crippen LogP contribution in [0.2, 0.25) is 0 Å². The van der Waals surface area contributed by atoms with E-state index in [0.29, 0.717) is 0 Å². The molecule has 1 rings (SSSR count). The number of hydrogen-bond acceptors (Lipinski definition) is 13. The Balaban J connectivity index is 3.03. The first-order valence-corrected chi connectivity index (χ1v) is 11.6. The van der Waals surface area contributed by atoms with Crippen molar-refractivity contribution < 1.29 is 62.4 Å². The van der Waals surface area contributed by atoms with E-state index < -0.39 is 80.8 Å². The third-order valence-electron chi connectivity index (χ3n) is 4.60. The van der Waals surface area contributed by atoms with Crippen LogP contribution in [0.4, 0.5) is 0 Å². The molecule has 0 heterocycles. The molecule has 0 aromatic heterocycles. The molecule has 0 spiro atoms. The molecule has 4 N–H and O–H groups in total. The largest absolute Gasteiger partial charge is 0.481 e. The van der Waals surface area contributed by atoms with Gasteiger partial charge in [-0.1, -0.05) is 0 Å². The SMILES string of the molecule is COC1C(O)C(O)C(O)C(O)C1OP(=O)(OCOC(=O)C(C)(C)C)OCOC(=O)C(C)(C)C. The fraction of sp³-hybridized carbons (Fsp3) is 0.895. The summed E-state index contributed by atoms with van der Waals surface area (Å²) in [6.45, 7) is 7.65. The van der Waals surface area contributed by atoms with Gasteiger partial charge in [0, 0.05) is 7.11 Å². The standard InChI is InChI=1S/C19H35O13P/c1-18(2,3)16(24)28-8-30-33(26,31-9-29-17(25)19(4,5)6)32-15-13(23)11(21)10(20)12(22)14(15)27-7/h10-15,20-23H,8-9H2,1-7H3. The molecule has 13 nitrogen and oxygen atoms in total. The van der Waals surface area contributed by atoms with Gasteiger partial charge >= 0.3 is 19.8 Å². The highest BCUT2D eigenvalue weighted by atomic mass is 31.2. The molecular formula is C19H35O13P. The zero-order valence-corrected chi connectivity index (χ0v) is 20.7. The molecule has 1 fully saturated rings. The smallest absolute Gasteiger partial charge is 0.437 e. The van der Waals surface area contributed by atoms with Crippen LogP contribution in [0.5, 0.6) is 0 Å². The van der Waals surface area contributed by atoms with Gasteiger partial charge in [0.1, 0.15) is 36.6 Å². The Morgan fingerprint density at radius 1 is 0.727 bits per heavy atom. The topological polar surface area (TPSA) is 188 Å². The highest BCUT2D eigenvalue weighted by molar-refractivity contribution is 7.48. The molecule has 6 unspecified atom stereocenters. The number of esters is 2. The van der Waals surface area contributed by atoms with E-state index in [9.17, 15) is 34.6 Å². The van der Waals surface area contributed by atoms with Crippen LogP contribution in [0.15, 0.2) is 0 Å². The van der Waals surface area contributed by atoms with E-state index >= 15 is 0 Å². The second kappa shape index (κ2) is 11.5. The molecule has 194 valence electrons. The molecule has 1 aliphatic rings. The highest BCUT2D eigenvalue weighted by Crippen LogP contribution is 2.52. The summed E-state index contributed by atoms with van der Waals surface area (Å²) < 4.78 is 43.2. The van der Waals surface area contributed by atoms with Gasteiger partial charge in [-0.25, -0.2) is 13.6 Å². The van der Waals surface area contributed by atoms with E-state index in [1.807, 2.05) is 0 Å². The van der Waals surface area contributed by atoms with Crippen molar-refractivity contribution in [2.75, 3.05) is 20.7 Å². The quantitative estimate of drug-likeness (QED) is 0.189. The van der Waals surface area contributed by atoms with E-state index in [1.54, 1.807) is 41.5 Å². The summed E-state index contributed by atoms with van der Waals surface area (Å²) in [5.41, 5.74) is -1.80. The average Bonchev–Trinajstić information content (AvgIpc) is 2.69. The minimum absolute atomic E-state index is 0.699. The van der Waals surface area contributed by atoms with Crippen molar-refractivity contribution in [3.05, 3.63) is 0 Å². The first-order chi connectivity index (χ1) is 14.9. The average molecular weight is 502 g/mol. The molecule has 14 heteroatoms. The number of carbonyl (C=O) groups excluding carboxylic acids is 2. The Morgan fingerprint density at radius 2 is 1.09 bits per heavy atom.